The Morgan fingerprint density at radius 1 is 1.38 bits per heavy atom. The van der Waals surface area contributed by atoms with Gasteiger partial charge >= 0.3 is 0 Å². The molecule has 90 valence electrons. The third kappa shape index (κ3) is 3.86. The van der Waals surface area contributed by atoms with E-state index in [4.69, 9.17) is 0 Å². The maximum atomic E-state index is 4.08. The Bertz CT molecular complexity index is 268. The fourth-order valence-electron chi connectivity index (χ4n) is 2.02. The van der Waals surface area contributed by atoms with Crippen molar-refractivity contribution in [1.29, 1.82) is 0 Å². The van der Waals surface area contributed by atoms with Gasteiger partial charge in [0.15, 0.2) is 0 Å². The first-order chi connectivity index (χ1) is 7.65. The van der Waals surface area contributed by atoms with E-state index in [1.807, 2.05) is 6.08 Å². The first-order valence-corrected chi connectivity index (χ1v) is 6.07. The van der Waals surface area contributed by atoms with Crippen molar-refractivity contribution in [2.45, 2.75) is 32.7 Å². The minimum Gasteiger partial charge on any atom is -0.365 e. The zero-order valence-corrected chi connectivity index (χ0v) is 10.6. The van der Waals surface area contributed by atoms with Crippen molar-refractivity contribution in [1.82, 2.24) is 10.2 Å². The van der Waals surface area contributed by atoms with Crippen LogP contribution in [0.2, 0.25) is 0 Å². The Balaban J connectivity index is 2.65. The number of hydrogen-bond acceptors (Lipinski definition) is 2. The van der Waals surface area contributed by atoms with Crippen molar-refractivity contribution in [3.8, 4) is 0 Å². The summed E-state index contributed by atoms with van der Waals surface area (Å²) in [6.07, 6.45) is 6.52. The molecular formula is C14H24N2. The molecule has 0 unspecified atom stereocenters. The maximum Gasteiger partial charge on any atom is 0.0364 e. The molecule has 0 amide bonds. The smallest absolute Gasteiger partial charge is 0.0364 e. The molecule has 1 aliphatic rings. The van der Waals surface area contributed by atoms with Crippen LogP contribution in [0.3, 0.4) is 0 Å². The molecule has 1 rings (SSSR count). The molecule has 1 fully saturated rings. The van der Waals surface area contributed by atoms with Crippen LogP contribution in [0.25, 0.3) is 0 Å². The highest BCUT2D eigenvalue weighted by Crippen LogP contribution is 2.17. The molecule has 0 spiro atoms. The van der Waals surface area contributed by atoms with Gasteiger partial charge in [0.1, 0.15) is 0 Å². The van der Waals surface area contributed by atoms with Crippen LogP contribution in [0.15, 0.2) is 36.6 Å². The fraction of sp³-hybridized carbons (Fsp3) is 0.571. The van der Waals surface area contributed by atoms with Gasteiger partial charge in [-0.25, -0.2) is 0 Å². The van der Waals surface area contributed by atoms with Gasteiger partial charge in [0.05, 0.1) is 0 Å². The molecule has 16 heavy (non-hydrogen) atoms. The van der Waals surface area contributed by atoms with Gasteiger partial charge in [-0.2, -0.15) is 0 Å². The normalized spacial score (nSPS) is 16.6. The fourth-order valence-corrected chi connectivity index (χ4v) is 2.02. The summed E-state index contributed by atoms with van der Waals surface area (Å²) in [5.41, 5.74) is 2.40. The molecule has 2 heteroatoms. The summed E-state index contributed by atoms with van der Waals surface area (Å²) in [6, 6.07) is 0.613. The molecule has 1 aliphatic heterocycles. The third-order valence-corrected chi connectivity index (χ3v) is 3.05. The lowest BCUT2D eigenvalue weighted by molar-refractivity contribution is 0.231. The predicted octanol–water partition coefficient (Wildman–Crippen LogP) is 2.71. The van der Waals surface area contributed by atoms with Gasteiger partial charge in [0.25, 0.3) is 0 Å². The molecule has 0 aromatic heterocycles. The molecule has 0 bridgehead atoms. The minimum atomic E-state index is 0.613. The standard InChI is InChI=1S/C14H24N2/c1-5-13(4)16(11-8-12(2)3)14-6-9-15-10-7-14/h5,8,14-15H,1,4,6-7,9-11H2,2-3H3. The van der Waals surface area contributed by atoms with Gasteiger partial charge in [-0.1, -0.05) is 24.8 Å². The van der Waals surface area contributed by atoms with Gasteiger partial charge in [0, 0.05) is 18.3 Å². The average molecular weight is 220 g/mol. The summed E-state index contributed by atoms with van der Waals surface area (Å²) in [4.78, 5) is 2.38. The second kappa shape index (κ2) is 6.54. The van der Waals surface area contributed by atoms with Crippen molar-refractivity contribution in [2.75, 3.05) is 19.6 Å². The van der Waals surface area contributed by atoms with Gasteiger partial charge in [-0.3, -0.25) is 0 Å². The van der Waals surface area contributed by atoms with Crippen LogP contribution in [0.1, 0.15) is 26.7 Å². The lowest BCUT2D eigenvalue weighted by atomic mass is 10.0. The van der Waals surface area contributed by atoms with E-state index in [0.29, 0.717) is 6.04 Å². The van der Waals surface area contributed by atoms with Crippen LogP contribution in [0.4, 0.5) is 0 Å². The summed E-state index contributed by atoms with van der Waals surface area (Å²) >= 11 is 0. The van der Waals surface area contributed by atoms with Crippen LogP contribution < -0.4 is 5.32 Å². The first kappa shape index (κ1) is 13.0. The van der Waals surface area contributed by atoms with Crippen LogP contribution in [-0.2, 0) is 0 Å². The molecule has 0 aromatic rings. The molecule has 0 radical (unpaired) electrons. The quantitative estimate of drug-likeness (QED) is 0.566. The Morgan fingerprint density at radius 3 is 2.50 bits per heavy atom. The molecule has 1 N–H and O–H groups in total. The topological polar surface area (TPSA) is 15.3 Å². The van der Waals surface area contributed by atoms with Crippen molar-refractivity contribution in [3.63, 3.8) is 0 Å². The van der Waals surface area contributed by atoms with Gasteiger partial charge in [-0.15, -0.1) is 0 Å². The molecule has 0 aromatic carbocycles. The summed E-state index contributed by atoms with van der Waals surface area (Å²) in [5, 5.41) is 3.39. The van der Waals surface area contributed by atoms with Crippen molar-refractivity contribution in [2.24, 2.45) is 0 Å². The Kier molecular flexibility index (Phi) is 5.33. The van der Waals surface area contributed by atoms with E-state index in [0.717, 1.165) is 25.3 Å². The highest BCUT2D eigenvalue weighted by Gasteiger charge is 2.19. The highest BCUT2D eigenvalue weighted by atomic mass is 15.2. The van der Waals surface area contributed by atoms with E-state index in [1.54, 1.807) is 0 Å². The van der Waals surface area contributed by atoms with Gasteiger partial charge in [-0.05, 0) is 45.9 Å². The number of nitrogens with zero attached hydrogens (tertiary/aromatic N) is 1. The summed E-state index contributed by atoms with van der Waals surface area (Å²) in [7, 11) is 0. The van der Waals surface area contributed by atoms with Crippen molar-refractivity contribution in [3.05, 3.63) is 36.6 Å². The first-order valence-electron chi connectivity index (χ1n) is 6.07. The van der Waals surface area contributed by atoms with E-state index in [1.165, 1.54) is 18.4 Å². The minimum absolute atomic E-state index is 0.613. The monoisotopic (exact) mass is 220 g/mol. The van der Waals surface area contributed by atoms with Crippen LogP contribution in [0, 0.1) is 0 Å². The van der Waals surface area contributed by atoms with Crippen LogP contribution >= 0.6 is 0 Å². The number of hydrogen-bond donors (Lipinski definition) is 1. The number of nitrogens with one attached hydrogen (secondary N) is 1. The van der Waals surface area contributed by atoms with Crippen molar-refractivity contribution < 1.29 is 0 Å². The zero-order chi connectivity index (χ0) is 12.0. The Hall–Kier alpha value is -1.02. The van der Waals surface area contributed by atoms with Crippen LogP contribution in [-0.4, -0.2) is 30.6 Å². The third-order valence-electron chi connectivity index (χ3n) is 3.05. The number of piperidine rings is 1. The molecule has 2 nitrogen and oxygen atoms in total. The average Bonchev–Trinajstić information content (AvgIpc) is 2.30. The highest BCUT2D eigenvalue weighted by molar-refractivity contribution is 5.13. The van der Waals surface area contributed by atoms with Crippen LogP contribution in [0.5, 0.6) is 0 Å². The van der Waals surface area contributed by atoms with Crippen molar-refractivity contribution >= 4 is 0 Å². The van der Waals surface area contributed by atoms with E-state index in [-0.39, 0.29) is 0 Å². The van der Waals surface area contributed by atoms with Gasteiger partial charge in [0.2, 0.25) is 0 Å². The molecule has 0 saturated carbocycles. The number of allylic oxidation sites excluding steroid dienone is 2. The van der Waals surface area contributed by atoms with E-state index < -0.39 is 0 Å². The largest absolute Gasteiger partial charge is 0.365 e. The summed E-state index contributed by atoms with van der Waals surface area (Å²) in [6.45, 7) is 15.4. The summed E-state index contributed by atoms with van der Waals surface area (Å²) in [5.74, 6) is 0. The predicted molar refractivity (Wildman–Crippen MR) is 71.4 cm³/mol. The molecule has 0 atom stereocenters. The van der Waals surface area contributed by atoms with E-state index >= 15 is 0 Å². The maximum absolute atomic E-state index is 4.08. The summed E-state index contributed by atoms with van der Waals surface area (Å²) < 4.78 is 0. The van der Waals surface area contributed by atoms with Gasteiger partial charge < -0.3 is 10.2 Å². The molecule has 0 aliphatic carbocycles. The Morgan fingerprint density at radius 2 is 2.00 bits per heavy atom. The molecular weight excluding hydrogens is 196 g/mol. The Labute approximate surface area is 99.7 Å². The second-order valence-corrected chi connectivity index (χ2v) is 4.61. The lowest BCUT2D eigenvalue weighted by Crippen LogP contribution is -2.42. The molecule has 1 heterocycles. The SMILES string of the molecule is C=CC(=C)N(CC=C(C)C)C1CCNCC1. The van der Waals surface area contributed by atoms with E-state index in [9.17, 15) is 0 Å². The lowest BCUT2D eigenvalue weighted by Gasteiger charge is -2.36. The molecule has 1 saturated heterocycles. The van der Waals surface area contributed by atoms with E-state index in [2.05, 4.69) is 43.3 Å². The zero-order valence-electron chi connectivity index (χ0n) is 10.6. The number of rotatable bonds is 5. The second-order valence-electron chi connectivity index (χ2n) is 4.61.